The Morgan fingerprint density at radius 2 is 1.10 bits per heavy atom. The second-order valence-electron chi connectivity index (χ2n) is 20.8. The number of nitrogens with one attached hydrogen (secondary N) is 10. The SMILES string of the molecule is CC[C@H](C)[C@H](NC(=O)[C@H](C)NC(=O)[C@H](CC(C)C)NC(=O)[C@H](Cc1ccc(O)cc1)NC(=O)[C@H](CCCN=C(N)N)NC(=O)[C@@H](N)CC(=O)O)C(=O)N[C@H](C(=O)N[C@@H](Cc1cnc[nH]1)C(=O)N[C@@H](C)C(=O)N[C@H](C(=O)O)[C@@H](C)O)C(C)C. The van der Waals surface area contributed by atoms with Gasteiger partial charge in [-0.25, -0.2) is 9.78 Å². The van der Waals surface area contributed by atoms with Gasteiger partial charge in [0.15, 0.2) is 12.0 Å². The summed E-state index contributed by atoms with van der Waals surface area (Å²) < 4.78 is 0. The van der Waals surface area contributed by atoms with Gasteiger partial charge in [-0.05, 0) is 75.5 Å². The fourth-order valence-corrected chi connectivity index (χ4v) is 7.93. The van der Waals surface area contributed by atoms with Crippen molar-refractivity contribution >= 4 is 71.1 Å². The van der Waals surface area contributed by atoms with Crippen LogP contribution in [0.1, 0.15) is 106 Å². The normalized spacial score (nSPS) is 15.6. The van der Waals surface area contributed by atoms with Crippen molar-refractivity contribution in [2.75, 3.05) is 6.54 Å². The summed E-state index contributed by atoms with van der Waals surface area (Å²) in [6, 6.07) is -8.42. The van der Waals surface area contributed by atoms with Crippen molar-refractivity contribution in [1.82, 2.24) is 57.8 Å². The Balaban J connectivity index is 2.37. The van der Waals surface area contributed by atoms with Gasteiger partial charge >= 0.3 is 11.9 Å². The molecule has 0 unspecified atom stereocenters. The molecule has 9 amide bonds. The largest absolute Gasteiger partial charge is 0.508 e. The van der Waals surface area contributed by atoms with Crippen molar-refractivity contribution in [2.24, 2.45) is 39.9 Å². The van der Waals surface area contributed by atoms with Crippen molar-refractivity contribution < 1.29 is 73.2 Å². The van der Waals surface area contributed by atoms with Gasteiger partial charge in [-0.3, -0.25) is 52.9 Å². The van der Waals surface area contributed by atoms with Crippen LogP contribution in [0, 0.1) is 17.8 Å². The third-order valence-electron chi connectivity index (χ3n) is 12.9. The molecule has 30 nitrogen and oxygen atoms in total. The zero-order valence-corrected chi connectivity index (χ0v) is 47.6. The molecule has 2 aromatic rings. The number of carbonyl (C=O) groups excluding carboxylic acids is 9. The van der Waals surface area contributed by atoms with Gasteiger partial charge in [0.05, 0.1) is 24.9 Å². The van der Waals surface area contributed by atoms with Gasteiger partial charge in [0.1, 0.15) is 54.1 Å². The van der Waals surface area contributed by atoms with Crippen LogP contribution in [0.25, 0.3) is 0 Å². The highest BCUT2D eigenvalue weighted by Crippen LogP contribution is 2.15. The Kier molecular flexibility index (Phi) is 28.9. The molecule has 0 bridgehead atoms. The number of amides is 9. The van der Waals surface area contributed by atoms with Gasteiger partial charge in [0.25, 0.3) is 0 Å². The highest BCUT2D eigenvalue weighted by molar-refractivity contribution is 5.99. The number of nitrogens with two attached hydrogens (primary N) is 3. The van der Waals surface area contributed by atoms with E-state index in [2.05, 4.69) is 62.8 Å². The van der Waals surface area contributed by atoms with Gasteiger partial charge in [-0.1, -0.05) is 60.1 Å². The van der Waals surface area contributed by atoms with E-state index >= 15 is 0 Å². The first-order valence-corrected chi connectivity index (χ1v) is 26.8. The van der Waals surface area contributed by atoms with Crippen LogP contribution in [-0.2, 0) is 65.6 Å². The van der Waals surface area contributed by atoms with Crippen LogP contribution in [0.15, 0.2) is 41.8 Å². The monoisotopic (exact) mass is 1160 g/mol. The number of aliphatic hydroxyl groups is 1. The minimum Gasteiger partial charge on any atom is -0.508 e. The van der Waals surface area contributed by atoms with Crippen molar-refractivity contribution in [2.45, 2.75) is 174 Å². The van der Waals surface area contributed by atoms with Crippen molar-refractivity contribution in [3.63, 3.8) is 0 Å². The Morgan fingerprint density at radius 3 is 1.60 bits per heavy atom. The van der Waals surface area contributed by atoms with Gasteiger partial charge in [-0.15, -0.1) is 0 Å². The lowest BCUT2D eigenvalue weighted by molar-refractivity contribution is -0.145. The molecule has 1 aromatic carbocycles. The van der Waals surface area contributed by atoms with Crippen molar-refractivity contribution in [3.05, 3.63) is 48.0 Å². The van der Waals surface area contributed by atoms with Crippen molar-refractivity contribution in [3.8, 4) is 5.75 Å². The molecule has 0 aliphatic rings. The van der Waals surface area contributed by atoms with E-state index in [4.69, 9.17) is 17.2 Å². The number of aromatic hydroxyl groups is 1. The van der Waals surface area contributed by atoms with Gasteiger partial charge in [0.2, 0.25) is 53.2 Å². The first-order chi connectivity index (χ1) is 38.3. The fraction of sp³-hybridized carbons (Fsp3) is 0.596. The number of phenolic OH excluding ortho intramolecular Hbond substituents is 1. The fourth-order valence-electron chi connectivity index (χ4n) is 7.93. The standard InChI is InChI=1S/C52H83N15O15/c1-10-26(6)40(50(80)65-39(25(4)5)49(79)64-37(20-31-22-56-23-58-31)47(77)60-28(8)43(73)67-41(29(9)68)51(81)82)66-42(72)27(7)59-46(76)35(18-24(2)3)62-48(78)36(19-30-13-15-32(69)16-14-30)63-45(75)34(12-11-17-57-52(54)55)61-44(74)33(53)21-38(70)71/h13-16,22-29,33-37,39-41,68-69H,10-12,17-21,53H2,1-9H3,(H,56,58)(H,59,76)(H,60,77)(H,61,74)(H,62,78)(H,63,75)(H,64,79)(H,65,80)(H,66,72)(H,67,73)(H,70,71)(H,81,82)(H4,54,55,57)/t26-,27-,28-,29+,33-,34-,35-,36-,37-,39-,40-,41-/m0/s1. The predicted octanol–water partition coefficient (Wildman–Crippen LogP) is -3.63. The van der Waals surface area contributed by atoms with Crippen LogP contribution in [0.4, 0.5) is 0 Å². The molecule has 82 heavy (non-hydrogen) atoms. The van der Waals surface area contributed by atoms with Crippen LogP contribution in [-0.4, -0.2) is 175 Å². The summed E-state index contributed by atoms with van der Waals surface area (Å²) in [5.41, 5.74) is 17.5. The van der Waals surface area contributed by atoms with E-state index in [9.17, 15) is 73.2 Å². The number of aromatic nitrogens is 2. The Hall–Kier alpha value is -8.41. The highest BCUT2D eigenvalue weighted by Gasteiger charge is 2.37. The van der Waals surface area contributed by atoms with Gasteiger partial charge in [0, 0.05) is 31.3 Å². The topological polar surface area (TPSA) is 496 Å². The number of imidazole rings is 1. The summed E-state index contributed by atoms with van der Waals surface area (Å²) >= 11 is 0. The molecule has 0 spiro atoms. The second kappa shape index (κ2) is 34.0. The summed E-state index contributed by atoms with van der Waals surface area (Å²) in [7, 11) is 0. The number of aliphatic hydroxyl groups excluding tert-OH is 1. The smallest absolute Gasteiger partial charge is 0.328 e. The number of carboxylic acids is 2. The number of aromatic amines is 1. The molecule has 0 saturated heterocycles. The van der Waals surface area contributed by atoms with Crippen LogP contribution < -0.4 is 65.1 Å². The molecule has 1 aromatic heterocycles. The van der Waals surface area contributed by atoms with E-state index < -0.39 is 150 Å². The summed E-state index contributed by atoms with van der Waals surface area (Å²) in [5.74, 6) is -12.5. The maximum atomic E-state index is 14.3. The number of guanidine groups is 1. The lowest BCUT2D eigenvalue weighted by Gasteiger charge is -2.30. The minimum atomic E-state index is -1.68. The molecule has 0 aliphatic carbocycles. The quantitative estimate of drug-likeness (QED) is 0.0180. The number of carboxylic acid groups (broad SMARTS) is 2. The van der Waals surface area contributed by atoms with Crippen LogP contribution >= 0.6 is 0 Å². The second-order valence-corrected chi connectivity index (χ2v) is 20.8. The van der Waals surface area contributed by atoms with Crippen LogP contribution in [0.2, 0.25) is 0 Å². The van der Waals surface area contributed by atoms with Crippen molar-refractivity contribution in [1.29, 1.82) is 0 Å². The summed E-state index contributed by atoms with van der Waals surface area (Å²) in [6.07, 6.45) is 0.505. The van der Waals surface area contributed by atoms with E-state index in [0.29, 0.717) is 17.7 Å². The maximum Gasteiger partial charge on any atom is 0.328 e. The molecule has 30 heteroatoms. The van der Waals surface area contributed by atoms with E-state index in [1.807, 2.05) is 0 Å². The highest BCUT2D eigenvalue weighted by atomic mass is 16.4. The average molecular weight is 1160 g/mol. The third kappa shape index (κ3) is 24.1. The predicted molar refractivity (Wildman–Crippen MR) is 296 cm³/mol. The lowest BCUT2D eigenvalue weighted by Crippen LogP contribution is -2.62. The summed E-state index contributed by atoms with van der Waals surface area (Å²) in [5, 5.41) is 61.1. The number of phenols is 1. The van der Waals surface area contributed by atoms with Crippen LogP contribution in [0.5, 0.6) is 5.75 Å². The number of aliphatic imine (C=N–C) groups is 1. The third-order valence-corrected chi connectivity index (χ3v) is 12.9. The number of carbonyl (C=O) groups is 11. The number of aliphatic carboxylic acids is 2. The average Bonchev–Trinajstić information content (AvgIpc) is 3.98. The van der Waals surface area contributed by atoms with Crippen LogP contribution in [0.3, 0.4) is 0 Å². The molecule has 20 N–H and O–H groups in total. The zero-order chi connectivity index (χ0) is 62.1. The van der Waals surface area contributed by atoms with E-state index in [-0.39, 0.29) is 56.3 Å². The molecule has 456 valence electrons. The first-order valence-electron chi connectivity index (χ1n) is 26.8. The Bertz CT molecular complexity index is 2520. The molecule has 0 fully saturated rings. The first kappa shape index (κ1) is 69.7. The number of H-pyrrole nitrogens is 1. The number of nitrogens with zero attached hydrogens (tertiary/aromatic N) is 2. The van der Waals surface area contributed by atoms with E-state index in [0.717, 1.165) is 6.92 Å². The molecular weight excluding hydrogens is 1070 g/mol. The van der Waals surface area contributed by atoms with E-state index in [1.165, 1.54) is 50.6 Å². The molecule has 2 rings (SSSR count). The lowest BCUT2D eigenvalue weighted by atomic mass is 9.96. The molecule has 0 aliphatic heterocycles. The number of hydrogen-bond acceptors (Lipinski definition) is 16. The van der Waals surface area contributed by atoms with Gasteiger partial charge in [-0.2, -0.15) is 0 Å². The molecule has 12 atom stereocenters. The van der Waals surface area contributed by atoms with Gasteiger partial charge < -0.3 is 90.5 Å². The number of benzene rings is 1. The minimum absolute atomic E-state index is 0.0171. The number of hydrogen-bond donors (Lipinski definition) is 17. The molecule has 0 saturated carbocycles. The Morgan fingerprint density at radius 1 is 0.610 bits per heavy atom. The summed E-state index contributed by atoms with van der Waals surface area (Å²) in [6.45, 7) is 14.0. The molecule has 1 heterocycles. The zero-order valence-electron chi connectivity index (χ0n) is 47.6. The Labute approximate surface area is 474 Å². The maximum absolute atomic E-state index is 14.3. The molecular formula is C52H83N15O15. The molecule has 0 radical (unpaired) electrons. The van der Waals surface area contributed by atoms with E-state index in [1.54, 1.807) is 41.5 Å². The number of rotatable bonds is 35. The summed E-state index contributed by atoms with van der Waals surface area (Å²) in [4.78, 5) is 158.